The molecule has 18 heavy (non-hydrogen) atoms. The van der Waals surface area contributed by atoms with Crippen molar-refractivity contribution in [2.24, 2.45) is 5.92 Å². The van der Waals surface area contributed by atoms with Crippen LogP contribution in [-0.4, -0.2) is 36.3 Å². The lowest BCUT2D eigenvalue weighted by Gasteiger charge is -2.31. The Kier molecular flexibility index (Phi) is 3.96. The fraction of sp³-hybridized carbons (Fsp3) is 0.750. The van der Waals surface area contributed by atoms with Crippen LogP contribution in [0.3, 0.4) is 0 Å². The zero-order chi connectivity index (χ0) is 13.1. The molecule has 2 saturated heterocycles. The Bertz CT molecular complexity index is 370. The summed E-state index contributed by atoms with van der Waals surface area (Å²) < 4.78 is 0. The summed E-state index contributed by atoms with van der Waals surface area (Å²) in [7, 11) is 0. The van der Waals surface area contributed by atoms with Gasteiger partial charge >= 0.3 is 0 Å². The minimum Gasteiger partial charge on any atom is -0.343 e. The van der Waals surface area contributed by atoms with Crippen LogP contribution in [0.1, 0.15) is 32.6 Å². The van der Waals surface area contributed by atoms with Gasteiger partial charge in [-0.3, -0.25) is 19.7 Å². The number of imide groups is 1. The van der Waals surface area contributed by atoms with E-state index in [2.05, 4.69) is 16.0 Å². The molecule has 0 spiro atoms. The summed E-state index contributed by atoms with van der Waals surface area (Å²) in [4.78, 5) is 34.6. The number of hydrogen-bond donors (Lipinski definition) is 3. The summed E-state index contributed by atoms with van der Waals surface area (Å²) in [6, 6.07) is -0.810. The smallest absolute Gasteiger partial charge is 0.249 e. The van der Waals surface area contributed by atoms with Crippen LogP contribution >= 0.6 is 0 Å². The topological polar surface area (TPSA) is 87.3 Å². The quantitative estimate of drug-likeness (QED) is 0.568. The van der Waals surface area contributed by atoms with Gasteiger partial charge in [-0.05, 0) is 31.7 Å². The highest BCUT2D eigenvalue weighted by atomic mass is 16.2. The van der Waals surface area contributed by atoms with E-state index < -0.39 is 11.9 Å². The standard InChI is InChI=1S/C12H19N3O3/c1-7-3-2-6-13-10(7)12(18)14-8-4-5-9(16)15-11(8)17/h7-8,10,13H,2-6H2,1H3,(H,14,18)(H,15,16,17). The van der Waals surface area contributed by atoms with E-state index in [4.69, 9.17) is 0 Å². The fourth-order valence-corrected chi connectivity index (χ4v) is 2.49. The second-order valence-electron chi connectivity index (χ2n) is 5.06. The molecule has 100 valence electrons. The Morgan fingerprint density at radius 1 is 1.33 bits per heavy atom. The van der Waals surface area contributed by atoms with E-state index in [0.29, 0.717) is 6.42 Å². The number of nitrogens with one attached hydrogen (secondary N) is 3. The van der Waals surface area contributed by atoms with Gasteiger partial charge in [-0.1, -0.05) is 6.92 Å². The molecule has 3 N–H and O–H groups in total. The molecule has 0 aliphatic carbocycles. The molecule has 2 aliphatic heterocycles. The van der Waals surface area contributed by atoms with E-state index in [9.17, 15) is 14.4 Å². The monoisotopic (exact) mass is 253 g/mol. The molecule has 3 unspecified atom stereocenters. The van der Waals surface area contributed by atoms with Crippen molar-refractivity contribution >= 4 is 17.7 Å². The Morgan fingerprint density at radius 3 is 2.78 bits per heavy atom. The molecule has 0 saturated carbocycles. The average Bonchev–Trinajstić information content (AvgIpc) is 2.33. The molecule has 2 aliphatic rings. The molecule has 0 aromatic heterocycles. The van der Waals surface area contributed by atoms with Gasteiger partial charge in [-0.25, -0.2) is 0 Å². The minimum atomic E-state index is -0.578. The molecule has 2 fully saturated rings. The number of carbonyl (C=O) groups excluding carboxylic acids is 3. The molecule has 6 heteroatoms. The maximum absolute atomic E-state index is 12.1. The van der Waals surface area contributed by atoms with Crippen LogP contribution in [0.15, 0.2) is 0 Å². The van der Waals surface area contributed by atoms with E-state index in [-0.39, 0.29) is 30.2 Å². The Hall–Kier alpha value is -1.43. The van der Waals surface area contributed by atoms with E-state index in [1.807, 2.05) is 6.92 Å². The summed E-state index contributed by atoms with van der Waals surface area (Å²) in [6.07, 6.45) is 2.76. The lowest BCUT2D eigenvalue weighted by Crippen LogP contribution is -2.58. The van der Waals surface area contributed by atoms with Crippen molar-refractivity contribution in [2.75, 3.05) is 6.54 Å². The SMILES string of the molecule is CC1CCCNC1C(=O)NC1CCC(=O)NC1=O. The third-order valence-electron chi connectivity index (χ3n) is 3.61. The van der Waals surface area contributed by atoms with Crippen molar-refractivity contribution in [3.63, 3.8) is 0 Å². The molecule has 0 radical (unpaired) electrons. The van der Waals surface area contributed by atoms with E-state index >= 15 is 0 Å². The first-order valence-electron chi connectivity index (χ1n) is 6.45. The number of hydrogen-bond acceptors (Lipinski definition) is 4. The highest BCUT2D eigenvalue weighted by molar-refractivity contribution is 6.02. The normalized spacial score (nSPS) is 32.8. The number of carbonyl (C=O) groups is 3. The largest absolute Gasteiger partial charge is 0.343 e. The first-order chi connectivity index (χ1) is 8.58. The molecular weight excluding hydrogens is 234 g/mol. The molecule has 3 atom stereocenters. The molecule has 0 aromatic rings. The van der Waals surface area contributed by atoms with Crippen LogP contribution < -0.4 is 16.0 Å². The molecule has 3 amide bonds. The fourth-order valence-electron chi connectivity index (χ4n) is 2.49. The van der Waals surface area contributed by atoms with Crippen molar-refractivity contribution < 1.29 is 14.4 Å². The van der Waals surface area contributed by atoms with E-state index in [1.165, 1.54) is 0 Å². The van der Waals surface area contributed by atoms with Gasteiger partial charge in [0.2, 0.25) is 17.7 Å². The van der Waals surface area contributed by atoms with Crippen LogP contribution in [0, 0.1) is 5.92 Å². The lowest BCUT2D eigenvalue weighted by atomic mass is 9.91. The number of amides is 3. The van der Waals surface area contributed by atoms with Crippen LogP contribution in [0.2, 0.25) is 0 Å². The van der Waals surface area contributed by atoms with Crippen LogP contribution in [0.25, 0.3) is 0 Å². The zero-order valence-electron chi connectivity index (χ0n) is 10.5. The predicted octanol–water partition coefficient (Wildman–Crippen LogP) is -0.704. The van der Waals surface area contributed by atoms with Gasteiger partial charge in [0.15, 0.2) is 0 Å². The van der Waals surface area contributed by atoms with E-state index in [0.717, 1.165) is 19.4 Å². The third kappa shape index (κ3) is 2.87. The summed E-state index contributed by atoms with van der Waals surface area (Å²) in [6.45, 7) is 2.86. The average molecular weight is 253 g/mol. The van der Waals surface area contributed by atoms with Gasteiger partial charge in [-0.15, -0.1) is 0 Å². The lowest BCUT2D eigenvalue weighted by molar-refractivity contribution is -0.138. The van der Waals surface area contributed by atoms with Crippen LogP contribution in [0.4, 0.5) is 0 Å². The number of rotatable bonds is 2. The highest BCUT2D eigenvalue weighted by Crippen LogP contribution is 2.16. The third-order valence-corrected chi connectivity index (χ3v) is 3.61. The Balaban J connectivity index is 1.90. The second kappa shape index (κ2) is 5.48. The first kappa shape index (κ1) is 13.0. The number of piperidine rings is 2. The maximum atomic E-state index is 12.1. The summed E-state index contributed by atoms with van der Waals surface area (Å²) in [5, 5.41) is 8.13. The van der Waals surface area contributed by atoms with Crippen molar-refractivity contribution in [1.29, 1.82) is 0 Å². The van der Waals surface area contributed by atoms with Gasteiger partial charge in [0.1, 0.15) is 6.04 Å². The Morgan fingerprint density at radius 2 is 2.11 bits per heavy atom. The molecular formula is C12H19N3O3. The molecule has 0 aromatic carbocycles. The predicted molar refractivity (Wildman–Crippen MR) is 64.5 cm³/mol. The van der Waals surface area contributed by atoms with E-state index in [1.54, 1.807) is 0 Å². The summed E-state index contributed by atoms with van der Waals surface area (Å²) in [5.41, 5.74) is 0. The highest BCUT2D eigenvalue weighted by Gasteiger charge is 2.32. The van der Waals surface area contributed by atoms with Crippen LogP contribution in [-0.2, 0) is 14.4 Å². The summed E-state index contributed by atoms with van der Waals surface area (Å²) in [5.74, 6) is -0.540. The first-order valence-corrected chi connectivity index (χ1v) is 6.45. The van der Waals surface area contributed by atoms with Crippen LogP contribution in [0.5, 0.6) is 0 Å². The molecule has 2 rings (SSSR count). The summed E-state index contributed by atoms with van der Waals surface area (Å²) >= 11 is 0. The van der Waals surface area contributed by atoms with Crippen molar-refractivity contribution in [3.8, 4) is 0 Å². The Labute approximate surface area is 106 Å². The van der Waals surface area contributed by atoms with Gasteiger partial charge in [0.25, 0.3) is 0 Å². The van der Waals surface area contributed by atoms with Crippen molar-refractivity contribution in [2.45, 2.75) is 44.7 Å². The minimum absolute atomic E-state index is 0.142. The van der Waals surface area contributed by atoms with Gasteiger partial charge < -0.3 is 10.6 Å². The molecule has 0 bridgehead atoms. The molecule has 2 heterocycles. The van der Waals surface area contributed by atoms with Gasteiger partial charge in [-0.2, -0.15) is 0 Å². The van der Waals surface area contributed by atoms with Gasteiger partial charge in [0.05, 0.1) is 6.04 Å². The van der Waals surface area contributed by atoms with Crippen molar-refractivity contribution in [1.82, 2.24) is 16.0 Å². The van der Waals surface area contributed by atoms with Crippen molar-refractivity contribution in [3.05, 3.63) is 0 Å². The van der Waals surface area contributed by atoms with Gasteiger partial charge in [0, 0.05) is 6.42 Å². The second-order valence-corrected chi connectivity index (χ2v) is 5.06. The zero-order valence-corrected chi connectivity index (χ0v) is 10.5. The molecule has 6 nitrogen and oxygen atoms in total. The maximum Gasteiger partial charge on any atom is 0.249 e.